The fourth-order valence-electron chi connectivity index (χ4n) is 1.65. The van der Waals surface area contributed by atoms with Gasteiger partial charge in [0, 0.05) is 4.47 Å². The molecule has 0 spiro atoms. The predicted molar refractivity (Wildman–Crippen MR) is 77.2 cm³/mol. The summed E-state index contributed by atoms with van der Waals surface area (Å²) >= 11 is 3.24. The van der Waals surface area contributed by atoms with E-state index in [0.29, 0.717) is 16.8 Å². The Morgan fingerprint density at radius 2 is 2.05 bits per heavy atom. The first-order valence-corrected chi connectivity index (χ1v) is 6.70. The van der Waals surface area contributed by atoms with Gasteiger partial charge in [-0.25, -0.2) is 4.79 Å². The van der Waals surface area contributed by atoms with Crippen LogP contribution in [0.25, 0.3) is 0 Å². The highest BCUT2D eigenvalue weighted by Gasteiger charge is 2.18. The molecule has 1 rings (SSSR count). The van der Waals surface area contributed by atoms with Crippen LogP contribution in [0.2, 0.25) is 0 Å². The maximum Gasteiger partial charge on any atom is 0.337 e. The number of carboxylic acids is 1. The van der Waals surface area contributed by atoms with Crippen molar-refractivity contribution >= 4 is 33.5 Å². The monoisotopic (exact) mass is 328 g/mol. The summed E-state index contributed by atoms with van der Waals surface area (Å²) in [4.78, 5) is 23.0. The highest BCUT2D eigenvalue weighted by atomic mass is 79.9. The second-order valence-corrected chi connectivity index (χ2v) is 5.64. The van der Waals surface area contributed by atoms with Crippen molar-refractivity contribution in [2.75, 3.05) is 5.32 Å². The van der Waals surface area contributed by atoms with Crippen LogP contribution in [0.3, 0.4) is 0 Å². The van der Waals surface area contributed by atoms with Gasteiger partial charge in [-0.3, -0.25) is 4.79 Å². The highest BCUT2D eigenvalue weighted by molar-refractivity contribution is 9.10. The van der Waals surface area contributed by atoms with E-state index in [9.17, 15) is 9.59 Å². The molecule has 0 radical (unpaired) electrons. The van der Waals surface area contributed by atoms with Gasteiger partial charge in [-0.15, -0.1) is 0 Å². The summed E-state index contributed by atoms with van der Waals surface area (Å²) in [5, 5.41) is 11.6. The van der Waals surface area contributed by atoms with Crippen LogP contribution in [0.1, 0.15) is 30.6 Å². The van der Waals surface area contributed by atoms with Gasteiger partial charge >= 0.3 is 5.97 Å². The molecule has 0 heterocycles. The van der Waals surface area contributed by atoms with E-state index in [4.69, 9.17) is 10.8 Å². The normalized spacial score (nSPS) is 12.3. The summed E-state index contributed by atoms with van der Waals surface area (Å²) in [7, 11) is 0. The lowest BCUT2D eigenvalue weighted by Crippen LogP contribution is -2.37. The molecule has 0 unspecified atom stereocenters. The van der Waals surface area contributed by atoms with Crippen molar-refractivity contribution < 1.29 is 14.7 Å². The summed E-state index contributed by atoms with van der Waals surface area (Å²) in [5.41, 5.74) is 6.04. The molecule has 0 aliphatic carbocycles. The minimum Gasteiger partial charge on any atom is -0.478 e. The van der Waals surface area contributed by atoms with E-state index in [2.05, 4.69) is 21.2 Å². The molecule has 1 atom stereocenters. The van der Waals surface area contributed by atoms with Crippen LogP contribution < -0.4 is 11.1 Å². The van der Waals surface area contributed by atoms with Crippen LogP contribution >= 0.6 is 15.9 Å². The smallest absolute Gasteiger partial charge is 0.337 e. The van der Waals surface area contributed by atoms with Crippen molar-refractivity contribution in [1.29, 1.82) is 0 Å². The molecule has 104 valence electrons. The topological polar surface area (TPSA) is 92.4 Å². The maximum atomic E-state index is 11.9. The Hall–Kier alpha value is -1.40. The van der Waals surface area contributed by atoms with Crippen molar-refractivity contribution in [3.8, 4) is 0 Å². The Morgan fingerprint density at radius 1 is 1.42 bits per heavy atom. The number of halogens is 1. The maximum absolute atomic E-state index is 11.9. The third-order valence-corrected chi connectivity index (χ3v) is 3.03. The number of hydrogen-bond donors (Lipinski definition) is 3. The van der Waals surface area contributed by atoms with Gasteiger partial charge in [0.25, 0.3) is 0 Å². The lowest BCUT2D eigenvalue weighted by molar-refractivity contribution is -0.117. The summed E-state index contributed by atoms with van der Waals surface area (Å²) in [6.45, 7) is 3.93. The number of aromatic carboxylic acids is 1. The zero-order valence-electron chi connectivity index (χ0n) is 10.8. The minimum atomic E-state index is -1.10. The van der Waals surface area contributed by atoms with Crippen molar-refractivity contribution in [3.05, 3.63) is 28.2 Å². The second-order valence-electron chi connectivity index (χ2n) is 4.72. The van der Waals surface area contributed by atoms with Gasteiger partial charge in [0.1, 0.15) is 0 Å². The summed E-state index contributed by atoms with van der Waals surface area (Å²) < 4.78 is 0.685. The number of amides is 1. The lowest BCUT2D eigenvalue weighted by Gasteiger charge is -2.15. The zero-order valence-corrected chi connectivity index (χ0v) is 12.4. The molecular formula is C13H17BrN2O3. The molecule has 0 saturated heterocycles. The van der Waals surface area contributed by atoms with Crippen molar-refractivity contribution in [3.63, 3.8) is 0 Å². The van der Waals surface area contributed by atoms with Gasteiger partial charge in [-0.05, 0) is 30.5 Å². The minimum absolute atomic E-state index is 0.0355. The fraction of sp³-hybridized carbons (Fsp3) is 0.385. The van der Waals surface area contributed by atoms with E-state index >= 15 is 0 Å². The van der Waals surface area contributed by atoms with E-state index in [1.54, 1.807) is 12.1 Å². The van der Waals surface area contributed by atoms with Crippen molar-refractivity contribution in [2.24, 2.45) is 11.7 Å². The van der Waals surface area contributed by atoms with Gasteiger partial charge < -0.3 is 16.2 Å². The number of carbonyl (C=O) groups excluding carboxylic acids is 1. The first kappa shape index (κ1) is 15.7. The van der Waals surface area contributed by atoms with E-state index < -0.39 is 12.0 Å². The number of nitrogens with one attached hydrogen (secondary N) is 1. The van der Waals surface area contributed by atoms with Crippen LogP contribution in [0, 0.1) is 5.92 Å². The Kier molecular flexibility index (Phi) is 5.50. The molecule has 1 aromatic rings. The molecule has 19 heavy (non-hydrogen) atoms. The number of hydrogen-bond acceptors (Lipinski definition) is 3. The summed E-state index contributed by atoms with van der Waals surface area (Å²) in [5.74, 6) is -1.18. The van der Waals surface area contributed by atoms with Gasteiger partial charge in [0.2, 0.25) is 5.91 Å². The number of rotatable bonds is 5. The third-order valence-electron chi connectivity index (χ3n) is 2.53. The van der Waals surface area contributed by atoms with E-state index in [-0.39, 0.29) is 17.2 Å². The molecular weight excluding hydrogens is 312 g/mol. The van der Waals surface area contributed by atoms with E-state index in [0.717, 1.165) is 0 Å². The Bertz CT molecular complexity index is 489. The zero-order chi connectivity index (χ0) is 14.6. The number of benzene rings is 1. The highest BCUT2D eigenvalue weighted by Crippen LogP contribution is 2.22. The molecule has 4 N–H and O–H groups in total. The molecule has 1 aromatic carbocycles. The molecule has 6 heteroatoms. The molecule has 0 aromatic heterocycles. The molecule has 0 bridgehead atoms. The van der Waals surface area contributed by atoms with Crippen LogP contribution in [-0.4, -0.2) is 23.0 Å². The van der Waals surface area contributed by atoms with Crippen molar-refractivity contribution in [2.45, 2.75) is 26.3 Å². The summed E-state index contributed by atoms with van der Waals surface area (Å²) in [6.07, 6.45) is 0.544. The largest absolute Gasteiger partial charge is 0.478 e. The summed E-state index contributed by atoms with van der Waals surface area (Å²) in [6, 6.07) is 3.92. The standard InChI is InChI=1S/C13H17BrN2O3/c1-7(2)5-10(15)12(17)16-11-6-8(14)3-4-9(11)13(18)19/h3-4,6-7,10H,5,15H2,1-2H3,(H,16,17)(H,18,19)/t10-/m1/s1. The first-order chi connectivity index (χ1) is 8.81. The van der Waals surface area contributed by atoms with Crippen LogP contribution in [0.5, 0.6) is 0 Å². The Labute approximate surface area is 120 Å². The molecule has 0 aliphatic heterocycles. The van der Waals surface area contributed by atoms with Crippen LogP contribution in [0.4, 0.5) is 5.69 Å². The Balaban J connectivity index is 2.89. The first-order valence-electron chi connectivity index (χ1n) is 5.90. The SMILES string of the molecule is CC(C)C[C@@H](N)C(=O)Nc1cc(Br)ccc1C(=O)O. The number of carboxylic acid groups (broad SMARTS) is 1. The van der Waals surface area contributed by atoms with E-state index in [1.165, 1.54) is 6.07 Å². The van der Waals surface area contributed by atoms with Crippen LogP contribution in [-0.2, 0) is 4.79 Å². The average molecular weight is 329 g/mol. The van der Waals surface area contributed by atoms with Crippen LogP contribution in [0.15, 0.2) is 22.7 Å². The third kappa shape index (κ3) is 4.65. The fourth-order valence-corrected chi connectivity index (χ4v) is 2.01. The number of anilines is 1. The van der Waals surface area contributed by atoms with Gasteiger partial charge in [0.15, 0.2) is 0 Å². The Morgan fingerprint density at radius 3 is 2.58 bits per heavy atom. The predicted octanol–water partition coefficient (Wildman–Crippen LogP) is 2.46. The van der Waals surface area contributed by atoms with Gasteiger partial charge in [0.05, 0.1) is 17.3 Å². The molecule has 0 saturated carbocycles. The van der Waals surface area contributed by atoms with E-state index in [1.807, 2.05) is 13.8 Å². The van der Waals surface area contributed by atoms with Crippen molar-refractivity contribution in [1.82, 2.24) is 0 Å². The molecule has 5 nitrogen and oxygen atoms in total. The average Bonchev–Trinajstić information content (AvgIpc) is 2.27. The molecule has 0 fully saturated rings. The van der Waals surface area contributed by atoms with Gasteiger partial charge in [-0.2, -0.15) is 0 Å². The molecule has 0 aliphatic rings. The number of carbonyl (C=O) groups is 2. The second kappa shape index (κ2) is 6.68. The number of nitrogens with two attached hydrogens (primary N) is 1. The lowest BCUT2D eigenvalue weighted by atomic mass is 10.0. The molecule has 1 amide bonds. The van der Waals surface area contributed by atoms with Gasteiger partial charge in [-0.1, -0.05) is 29.8 Å². The quantitative estimate of drug-likeness (QED) is 0.774.